The molecule has 0 radical (unpaired) electrons. The maximum absolute atomic E-state index is 12.8. The second kappa shape index (κ2) is 9.05. The molecule has 29 heavy (non-hydrogen) atoms. The van der Waals surface area contributed by atoms with E-state index in [4.69, 9.17) is 4.74 Å². The van der Waals surface area contributed by atoms with Crippen molar-refractivity contribution in [2.24, 2.45) is 0 Å². The second-order valence-electron chi connectivity index (χ2n) is 6.86. The Morgan fingerprint density at radius 3 is 2.31 bits per heavy atom. The first kappa shape index (κ1) is 20.8. The predicted molar refractivity (Wildman–Crippen MR) is 110 cm³/mol. The average molecular weight is 413 g/mol. The molecular weight excluding hydrogens is 390 g/mol. The third kappa shape index (κ3) is 5.54. The van der Waals surface area contributed by atoms with Crippen molar-refractivity contribution in [2.45, 2.75) is 25.9 Å². The van der Waals surface area contributed by atoms with Crippen molar-refractivity contribution in [3.05, 3.63) is 82.8 Å². The van der Waals surface area contributed by atoms with Gasteiger partial charge in [-0.1, -0.05) is 49.4 Å². The number of amides is 1. The number of hydrogen-bond donors (Lipinski definition) is 0. The highest BCUT2D eigenvalue weighted by Gasteiger charge is 2.30. The number of nitrogens with zero attached hydrogens (tertiary/aromatic N) is 1. The summed E-state index contributed by atoms with van der Waals surface area (Å²) < 4.78 is 28.8. The first-order valence-corrected chi connectivity index (χ1v) is 11.1. The summed E-state index contributed by atoms with van der Waals surface area (Å²) in [5.74, 6) is -1.20. The Bertz CT molecular complexity index is 997. The number of carbonyl (C=O) groups is 2. The zero-order valence-electron chi connectivity index (χ0n) is 16.2. The van der Waals surface area contributed by atoms with Gasteiger partial charge in [-0.05, 0) is 35.8 Å². The summed E-state index contributed by atoms with van der Waals surface area (Å²) in [5, 5.41) is 1.13. The Labute approximate surface area is 170 Å². The molecule has 1 aliphatic rings. The van der Waals surface area contributed by atoms with Gasteiger partial charge in [0.25, 0.3) is 5.91 Å². The molecule has 0 spiro atoms. The van der Waals surface area contributed by atoms with Crippen LogP contribution in [0.5, 0.6) is 0 Å². The number of sulfone groups is 1. The Morgan fingerprint density at radius 1 is 1.03 bits per heavy atom. The van der Waals surface area contributed by atoms with Crippen LogP contribution in [0.15, 0.2) is 66.1 Å². The number of hydrogen-bond acceptors (Lipinski definition) is 5. The SMILES string of the molecule is CCc1ccc(C(=O)OCC(=O)N(Cc2ccccc2)[C@H]2C=CS(=O)(=O)C2)cc1. The predicted octanol–water partition coefficient (Wildman–Crippen LogP) is 2.75. The van der Waals surface area contributed by atoms with Crippen LogP contribution in [0.3, 0.4) is 0 Å². The maximum Gasteiger partial charge on any atom is 0.338 e. The van der Waals surface area contributed by atoms with Crippen LogP contribution in [-0.4, -0.2) is 43.6 Å². The van der Waals surface area contributed by atoms with Gasteiger partial charge in [0.2, 0.25) is 0 Å². The van der Waals surface area contributed by atoms with Crippen LogP contribution in [0.2, 0.25) is 0 Å². The van der Waals surface area contributed by atoms with E-state index in [1.807, 2.05) is 49.4 Å². The molecule has 0 saturated heterocycles. The van der Waals surface area contributed by atoms with Gasteiger partial charge in [0.1, 0.15) is 0 Å². The van der Waals surface area contributed by atoms with Crippen LogP contribution in [0.25, 0.3) is 0 Å². The highest BCUT2D eigenvalue weighted by atomic mass is 32.2. The molecule has 1 atom stereocenters. The zero-order chi connectivity index (χ0) is 20.9. The van der Waals surface area contributed by atoms with E-state index < -0.39 is 34.4 Å². The standard InChI is InChI=1S/C22H23NO5S/c1-2-17-8-10-19(11-9-17)22(25)28-15-21(24)23(14-18-6-4-3-5-7-18)20-12-13-29(26,27)16-20/h3-13,20H,2,14-16H2,1H3/t20-/m0/s1. The lowest BCUT2D eigenvalue weighted by Gasteiger charge is -2.27. The number of aryl methyl sites for hydroxylation is 1. The number of carbonyl (C=O) groups excluding carboxylic acids is 2. The third-order valence-electron chi connectivity index (χ3n) is 4.75. The van der Waals surface area contributed by atoms with Gasteiger partial charge < -0.3 is 9.64 Å². The molecule has 0 N–H and O–H groups in total. The van der Waals surface area contributed by atoms with E-state index in [-0.39, 0.29) is 12.3 Å². The summed E-state index contributed by atoms with van der Waals surface area (Å²) in [4.78, 5) is 26.5. The summed E-state index contributed by atoms with van der Waals surface area (Å²) >= 11 is 0. The van der Waals surface area contributed by atoms with Gasteiger partial charge in [0.15, 0.2) is 16.4 Å². The van der Waals surface area contributed by atoms with Gasteiger partial charge >= 0.3 is 5.97 Å². The topological polar surface area (TPSA) is 80.8 Å². The lowest BCUT2D eigenvalue weighted by molar-refractivity contribution is -0.136. The molecule has 0 aliphatic carbocycles. The van der Waals surface area contributed by atoms with Gasteiger partial charge in [-0.25, -0.2) is 13.2 Å². The fourth-order valence-electron chi connectivity index (χ4n) is 3.09. The van der Waals surface area contributed by atoms with E-state index in [1.54, 1.807) is 12.1 Å². The van der Waals surface area contributed by atoms with Gasteiger partial charge in [-0.3, -0.25) is 4.79 Å². The summed E-state index contributed by atoms with van der Waals surface area (Å²) in [6, 6.07) is 15.7. The van der Waals surface area contributed by atoms with Gasteiger partial charge in [0, 0.05) is 12.0 Å². The van der Waals surface area contributed by atoms with Crippen LogP contribution >= 0.6 is 0 Å². The zero-order valence-corrected chi connectivity index (χ0v) is 17.0. The van der Waals surface area contributed by atoms with E-state index in [2.05, 4.69) is 0 Å². The number of rotatable bonds is 7. The molecule has 0 bridgehead atoms. The van der Waals surface area contributed by atoms with Crippen molar-refractivity contribution in [1.29, 1.82) is 0 Å². The van der Waals surface area contributed by atoms with Crippen LogP contribution in [0, 0.1) is 0 Å². The van der Waals surface area contributed by atoms with Gasteiger partial charge in [0.05, 0.1) is 17.4 Å². The molecule has 1 aliphatic heterocycles. The molecule has 0 aromatic heterocycles. The fraction of sp³-hybridized carbons (Fsp3) is 0.273. The molecular formula is C22H23NO5S. The molecule has 1 amide bonds. The minimum atomic E-state index is -3.33. The van der Waals surface area contributed by atoms with Gasteiger partial charge in [-0.15, -0.1) is 0 Å². The summed E-state index contributed by atoms with van der Waals surface area (Å²) in [5.41, 5.74) is 2.33. The molecule has 0 fully saturated rings. The highest BCUT2D eigenvalue weighted by Crippen LogP contribution is 2.18. The molecule has 0 saturated carbocycles. The monoisotopic (exact) mass is 413 g/mol. The van der Waals surface area contributed by atoms with Crippen molar-refractivity contribution in [1.82, 2.24) is 4.90 Å². The van der Waals surface area contributed by atoms with Crippen molar-refractivity contribution < 1.29 is 22.7 Å². The Kier molecular flexibility index (Phi) is 6.49. The largest absolute Gasteiger partial charge is 0.452 e. The lowest BCUT2D eigenvalue weighted by Crippen LogP contribution is -2.42. The molecule has 2 aromatic rings. The lowest BCUT2D eigenvalue weighted by atomic mass is 10.1. The van der Waals surface area contributed by atoms with Crippen molar-refractivity contribution in [2.75, 3.05) is 12.4 Å². The van der Waals surface area contributed by atoms with E-state index >= 15 is 0 Å². The average Bonchev–Trinajstić information content (AvgIpc) is 3.10. The summed E-state index contributed by atoms with van der Waals surface area (Å²) in [7, 11) is -3.33. The molecule has 1 heterocycles. The van der Waals surface area contributed by atoms with Crippen molar-refractivity contribution >= 4 is 21.7 Å². The minimum absolute atomic E-state index is 0.169. The normalized spacial score (nSPS) is 17.1. The Balaban J connectivity index is 1.68. The highest BCUT2D eigenvalue weighted by molar-refractivity contribution is 7.94. The smallest absolute Gasteiger partial charge is 0.338 e. The van der Waals surface area contributed by atoms with E-state index in [0.29, 0.717) is 5.56 Å². The first-order chi connectivity index (χ1) is 13.9. The Morgan fingerprint density at radius 2 is 1.72 bits per heavy atom. The summed E-state index contributed by atoms with van der Waals surface area (Å²) in [6.07, 6.45) is 2.36. The molecule has 6 nitrogen and oxygen atoms in total. The van der Waals surface area contributed by atoms with Crippen LogP contribution < -0.4 is 0 Å². The second-order valence-corrected chi connectivity index (χ2v) is 8.79. The third-order valence-corrected chi connectivity index (χ3v) is 6.13. The minimum Gasteiger partial charge on any atom is -0.452 e. The van der Waals surface area contributed by atoms with E-state index in [9.17, 15) is 18.0 Å². The number of ether oxygens (including phenoxy) is 1. The van der Waals surface area contributed by atoms with E-state index in [1.165, 1.54) is 11.0 Å². The molecule has 7 heteroatoms. The van der Waals surface area contributed by atoms with E-state index in [0.717, 1.165) is 23.0 Å². The first-order valence-electron chi connectivity index (χ1n) is 9.38. The van der Waals surface area contributed by atoms with Gasteiger partial charge in [-0.2, -0.15) is 0 Å². The summed E-state index contributed by atoms with van der Waals surface area (Å²) in [6.45, 7) is 1.80. The molecule has 152 valence electrons. The molecule has 0 unspecified atom stereocenters. The van der Waals surface area contributed by atoms with Crippen LogP contribution in [0.1, 0.15) is 28.4 Å². The number of esters is 1. The fourth-order valence-corrected chi connectivity index (χ4v) is 4.39. The quantitative estimate of drug-likeness (QED) is 0.652. The van der Waals surface area contributed by atoms with Crippen LogP contribution in [-0.2, 0) is 32.3 Å². The van der Waals surface area contributed by atoms with Crippen molar-refractivity contribution in [3.8, 4) is 0 Å². The molecule has 2 aromatic carbocycles. The Hall–Kier alpha value is -2.93. The molecule has 3 rings (SSSR count). The maximum atomic E-state index is 12.8. The van der Waals surface area contributed by atoms with Crippen molar-refractivity contribution in [3.63, 3.8) is 0 Å². The van der Waals surface area contributed by atoms with Crippen LogP contribution in [0.4, 0.5) is 0 Å². The number of benzene rings is 2.